The molecule has 19 heavy (non-hydrogen) atoms. The van der Waals surface area contributed by atoms with Crippen molar-refractivity contribution in [1.29, 1.82) is 0 Å². The van der Waals surface area contributed by atoms with E-state index in [4.69, 9.17) is 4.74 Å². The molecule has 0 saturated carbocycles. The fraction of sp³-hybridized carbons (Fsp3) is 0.500. The van der Waals surface area contributed by atoms with Crippen molar-refractivity contribution in [2.24, 2.45) is 0 Å². The molecule has 1 rings (SSSR count). The standard InChI is InChI=1S/C16H24BrNO/c1-4-9-18-10-5-6-13(2)11-14-12-15(17)7-8-16(14)19-3/h6-8,12,18H,4-5,9-11H2,1-3H3. The Morgan fingerprint density at radius 3 is 2.84 bits per heavy atom. The van der Waals surface area contributed by atoms with Crippen LogP contribution in [0, 0.1) is 0 Å². The SMILES string of the molecule is CCCNCCC=C(C)Cc1cc(Br)ccc1OC. The first kappa shape index (κ1) is 16.3. The first-order valence-corrected chi connectivity index (χ1v) is 7.65. The summed E-state index contributed by atoms with van der Waals surface area (Å²) in [4.78, 5) is 0. The van der Waals surface area contributed by atoms with Crippen molar-refractivity contribution in [3.63, 3.8) is 0 Å². The largest absolute Gasteiger partial charge is 0.496 e. The first-order chi connectivity index (χ1) is 9.17. The van der Waals surface area contributed by atoms with Gasteiger partial charge in [0.05, 0.1) is 7.11 Å². The average Bonchev–Trinajstić information content (AvgIpc) is 2.39. The van der Waals surface area contributed by atoms with Crippen molar-refractivity contribution in [3.05, 3.63) is 39.9 Å². The minimum atomic E-state index is 0.941. The Morgan fingerprint density at radius 2 is 2.16 bits per heavy atom. The van der Waals surface area contributed by atoms with Crippen molar-refractivity contribution in [1.82, 2.24) is 5.32 Å². The normalized spacial score (nSPS) is 11.7. The van der Waals surface area contributed by atoms with Crippen LogP contribution in [0.1, 0.15) is 32.3 Å². The summed E-state index contributed by atoms with van der Waals surface area (Å²) in [7, 11) is 1.72. The van der Waals surface area contributed by atoms with Crippen molar-refractivity contribution < 1.29 is 4.74 Å². The van der Waals surface area contributed by atoms with E-state index in [1.54, 1.807) is 7.11 Å². The van der Waals surface area contributed by atoms with Crippen molar-refractivity contribution in [2.75, 3.05) is 20.2 Å². The fourth-order valence-electron chi connectivity index (χ4n) is 1.98. The van der Waals surface area contributed by atoms with Gasteiger partial charge in [0.15, 0.2) is 0 Å². The summed E-state index contributed by atoms with van der Waals surface area (Å²) >= 11 is 3.51. The molecule has 0 atom stereocenters. The lowest BCUT2D eigenvalue weighted by atomic mass is 10.0. The quantitative estimate of drug-likeness (QED) is 0.567. The molecule has 1 N–H and O–H groups in total. The number of allylic oxidation sites excluding steroid dienone is 1. The van der Waals surface area contributed by atoms with E-state index in [1.165, 1.54) is 17.6 Å². The first-order valence-electron chi connectivity index (χ1n) is 6.86. The van der Waals surface area contributed by atoms with Gasteiger partial charge in [0.2, 0.25) is 0 Å². The topological polar surface area (TPSA) is 21.3 Å². The van der Waals surface area contributed by atoms with Gasteiger partial charge in [-0.3, -0.25) is 0 Å². The zero-order chi connectivity index (χ0) is 14.1. The molecule has 0 saturated heterocycles. The van der Waals surface area contributed by atoms with E-state index in [0.717, 1.165) is 36.2 Å². The smallest absolute Gasteiger partial charge is 0.122 e. The predicted molar refractivity (Wildman–Crippen MR) is 85.9 cm³/mol. The summed E-state index contributed by atoms with van der Waals surface area (Å²) in [6, 6.07) is 6.15. The van der Waals surface area contributed by atoms with Gasteiger partial charge in [0.25, 0.3) is 0 Å². The van der Waals surface area contributed by atoms with Gasteiger partial charge in [-0.25, -0.2) is 0 Å². The third kappa shape index (κ3) is 6.26. The zero-order valence-corrected chi connectivity index (χ0v) is 13.7. The van der Waals surface area contributed by atoms with E-state index in [2.05, 4.69) is 47.2 Å². The molecule has 0 bridgehead atoms. The van der Waals surface area contributed by atoms with Crippen LogP contribution in [0.4, 0.5) is 0 Å². The van der Waals surface area contributed by atoms with E-state index in [-0.39, 0.29) is 0 Å². The molecule has 0 fully saturated rings. The minimum absolute atomic E-state index is 0.941. The molecule has 0 heterocycles. The van der Waals surface area contributed by atoms with Crippen molar-refractivity contribution in [2.45, 2.75) is 33.1 Å². The lowest BCUT2D eigenvalue weighted by Gasteiger charge is -2.09. The Bertz CT molecular complexity index is 415. The summed E-state index contributed by atoms with van der Waals surface area (Å²) in [5.41, 5.74) is 2.61. The molecule has 106 valence electrons. The van der Waals surface area contributed by atoms with E-state index in [9.17, 15) is 0 Å². The Balaban J connectivity index is 2.53. The van der Waals surface area contributed by atoms with Gasteiger partial charge in [0, 0.05) is 4.47 Å². The number of methoxy groups -OCH3 is 1. The van der Waals surface area contributed by atoms with E-state index < -0.39 is 0 Å². The maximum Gasteiger partial charge on any atom is 0.122 e. The van der Waals surface area contributed by atoms with Gasteiger partial charge in [0.1, 0.15) is 5.75 Å². The van der Waals surface area contributed by atoms with Gasteiger partial charge in [-0.2, -0.15) is 0 Å². The average molecular weight is 326 g/mol. The molecular formula is C16H24BrNO. The minimum Gasteiger partial charge on any atom is -0.496 e. The maximum absolute atomic E-state index is 5.40. The molecule has 1 aromatic rings. The summed E-state index contributed by atoms with van der Waals surface area (Å²) in [6.45, 7) is 6.53. The molecule has 0 spiro atoms. The highest BCUT2D eigenvalue weighted by Gasteiger charge is 2.04. The molecule has 0 aliphatic heterocycles. The molecule has 3 heteroatoms. The van der Waals surface area contributed by atoms with Crippen molar-refractivity contribution >= 4 is 15.9 Å². The molecule has 2 nitrogen and oxygen atoms in total. The van der Waals surface area contributed by atoms with E-state index in [1.807, 2.05) is 12.1 Å². The molecule has 0 aromatic heterocycles. The van der Waals surface area contributed by atoms with Gasteiger partial charge >= 0.3 is 0 Å². The lowest BCUT2D eigenvalue weighted by molar-refractivity contribution is 0.410. The summed E-state index contributed by atoms with van der Waals surface area (Å²) in [5, 5.41) is 3.41. The monoisotopic (exact) mass is 325 g/mol. The molecule has 1 aromatic carbocycles. The Hall–Kier alpha value is -0.800. The van der Waals surface area contributed by atoms with E-state index in [0.29, 0.717) is 0 Å². The Labute approximate surface area is 125 Å². The third-order valence-electron chi connectivity index (χ3n) is 2.95. The molecule has 0 radical (unpaired) electrons. The number of hydrogen-bond donors (Lipinski definition) is 1. The van der Waals surface area contributed by atoms with Crippen LogP contribution in [0.3, 0.4) is 0 Å². The Kier molecular flexibility index (Phi) is 7.84. The molecule has 0 aliphatic carbocycles. The summed E-state index contributed by atoms with van der Waals surface area (Å²) in [5.74, 6) is 0.958. The van der Waals surface area contributed by atoms with Crippen LogP contribution in [0.15, 0.2) is 34.3 Å². The van der Waals surface area contributed by atoms with Crippen LogP contribution >= 0.6 is 15.9 Å². The highest BCUT2D eigenvalue weighted by atomic mass is 79.9. The number of benzene rings is 1. The maximum atomic E-state index is 5.40. The summed E-state index contributed by atoms with van der Waals surface area (Å²) in [6.07, 6.45) is 5.53. The van der Waals surface area contributed by atoms with Crippen LogP contribution in [0.5, 0.6) is 5.75 Å². The highest BCUT2D eigenvalue weighted by molar-refractivity contribution is 9.10. The number of halogens is 1. The number of nitrogens with one attached hydrogen (secondary N) is 1. The second-order valence-corrected chi connectivity index (χ2v) is 5.64. The zero-order valence-electron chi connectivity index (χ0n) is 12.1. The van der Waals surface area contributed by atoms with Gasteiger partial charge in [-0.1, -0.05) is 34.5 Å². The molecule has 0 aliphatic rings. The van der Waals surface area contributed by atoms with E-state index >= 15 is 0 Å². The third-order valence-corrected chi connectivity index (χ3v) is 3.45. The Morgan fingerprint density at radius 1 is 1.37 bits per heavy atom. The number of ether oxygens (including phenoxy) is 1. The molecule has 0 unspecified atom stereocenters. The fourth-order valence-corrected chi connectivity index (χ4v) is 2.39. The molecular weight excluding hydrogens is 302 g/mol. The van der Waals surface area contributed by atoms with Crippen molar-refractivity contribution in [3.8, 4) is 5.75 Å². The van der Waals surface area contributed by atoms with Crippen LogP contribution in [-0.4, -0.2) is 20.2 Å². The molecule has 0 amide bonds. The van der Waals surface area contributed by atoms with Crippen LogP contribution in [0.2, 0.25) is 0 Å². The van der Waals surface area contributed by atoms with Crippen LogP contribution in [-0.2, 0) is 6.42 Å². The van der Waals surface area contributed by atoms with Gasteiger partial charge < -0.3 is 10.1 Å². The summed E-state index contributed by atoms with van der Waals surface area (Å²) < 4.78 is 6.50. The number of hydrogen-bond acceptors (Lipinski definition) is 2. The van der Waals surface area contributed by atoms with Crippen LogP contribution in [0.25, 0.3) is 0 Å². The number of rotatable bonds is 8. The predicted octanol–water partition coefficient (Wildman–Crippen LogP) is 4.34. The van der Waals surface area contributed by atoms with Gasteiger partial charge in [-0.15, -0.1) is 0 Å². The highest BCUT2D eigenvalue weighted by Crippen LogP contribution is 2.25. The van der Waals surface area contributed by atoms with Crippen LogP contribution < -0.4 is 10.1 Å². The lowest BCUT2D eigenvalue weighted by Crippen LogP contribution is -2.15. The van der Waals surface area contributed by atoms with Gasteiger partial charge in [-0.05, 0) is 63.0 Å². The second kappa shape index (κ2) is 9.16. The second-order valence-electron chi connectivity index (χ2n) is 4.72.